The van der Waals surface area contributed by atoms with Gasteiger partial charge in [-0.25, -0.2) is 4.98 Å². The number of carboxylic acid groups (broad SMARTS) is 1. The second-order valence-electron chi connectivity index (χ2n) is 5.37. The van der Waals surface area contributed by atoms with Crippen LogP contribution in [0.15, 0.2) is 22.7 Å². The van der Waals surface area contributed by atoms with Gasteiger partial charge in [-0.05, 0) is 33.5 Å². The fourth-order valence-corrected chi connectivity index (χ4v) is 3.23. The van der Waals surface area contributed by atoms with Gasteiger partial charge in [-0.15, -0.1) is 0 Å². The van der Waals surface area contributed by atoms with E-state index in [1.165, 1.54) is 0 Å². The number of imidazole rings is 1. The van der Waals surface area contributed by atoms with Crippen LogP contribution >= 0.6 is 15.9 Å². The Morgan fingerprint density at radius 2 is 2.22 bits per heavy atom. The first-order valence-corrected chi connectivity index (χ1v) is 6.59. The summed E-state index contributed by atoms with van der Waals surface area (Å²) in [6, 6.07) is 5.81. The molecule has 2 N–H and O–H groups in total. The van der Waals surface area contributed by atoms with Gasteiger partial charge in [0.25, 0.3) is 0 Å². The number of aromatic amines is 1. The summed E-state index contributed by atoms with van der Waals surface area (Å²) in [5.74, 6) is -0.357. The number of aliphatic carboxylic acids is 1. The van der Waals surface area contributed by atoms with Gasteiger partial charge in [0.1, 0.15) is 11.3 Å². The van der Waals surface area contributed by atoms with Crippen LogP contribution in [0.1, 0.15) is 25.6 Å². The van der Waals surface area contributed by atoms with Gasteiger partial charge in [0.2, 0.25) is 0 Å². The Morgan fingerprint density at radius 1 is 1.50 bits per heavy atom. The maximum Gasteiger partial charge on any atom is 0.307 e. The van der Waals surface area contributed by atoms with Crippen LogP contribution in [-0.4, -0.2) is 21.0 Å². The molecule has 1 saturated carbocycles. The summed E-state index contributed by atoms with van der Waals surface area (Å²) in [5, 5.41) is 9.20. The summed E-state index contributed by atoms with van der Waals surface area (Å²) in [5.41, 5.74) is 1.57. The largest absolute Gasteiger partial charge is 0.481 e. The lowest BCUT2D eigenvalue weighted by Crippen LogP contribution is -2.03. The van der Waals surface area contributed by atoms with E-state index in [0.29, 0.717) is 0 Å². The van der Waals surface area contributed by atoms with Crippen molar-refractivity contribution < 1.29 is 9.90 Å². The number of nitrogens with zero attached hydrogens (tertiary/aromatic N) is 1. The smallest absolute Gasteiger partial charge is 0.307 e. The highest BCUT2D eigenvalue weighted by Crippen LogP contribution is 2.63. The number of fused-ring (bicyclic) bond motifs is 1. The Morgan fingerprint density at radius 3 is 2.78 bits per heavy atom. The molecule has 0 bridgehead atoms. The van der Waals surface area contributed by atoms with Crippen molar-refractivity contribution in [2.24, 2.45) is 11.3 Å². The maximum absolute atomic E-state index is 11.2. The minimum Gasteiger partial charge on any atom is -0.481 e. The molecule has 94 valence electrons. The van der Waals surface area contributed by atoms with Gasteiger partial charge in [-0.2, -0.15) is 0 Å². The highest BCUT2D eigenvalue weighted by atomic mass is 79.9. The average Bonchev–Trinajstić information content (AvgIpc) is 2.68. The lowest BCUT2D eigenvalue weighted by molar-refractivity contribution is -0.139. The molecule has 1 fully saturated rings. The van der Waals surface area contributed by atoms with Gasteiger partial charge < -0.3 is 10.1 Å². The molecule has 1 aromatic heterocycles. The number of hydrogen-bond donors (Lipinski definition) is 2. The second kappa shape index (κ2) is 3.57. The first kappa shape index (κ1) is 11.7. The van der Waals surface area contributed by atoms with E-state index in [-0.39, 0.29) is 17.3 Å². The van der Waals surface area contributed by atoms with Crippen LogP contribution in [0.5, 0.6) is 0 Å². The number of benzene rings is 1. The van der Waals surface area contributed by atoms with E-state index in [9.17, 15) is 9.90 Å². The third-order valence-corrected chi connectivity index (χ3v) is 4.51. The third-order valence-electron chi connectivity index (χ3n) is 3.87. The fraction of sp³-hybridized carbons (Fsp3) is 0.385. The van der Waals surface area contributed by atoms with Gasteiger partial charge in [0, 0.05) is 10.4 Å². The van der Waals surface area contributed by atoms with Crippen molar-refractivity contribution in [1.29, 1.82) is 0 Å². The molecule has 2 atom stereocenters. The molecule has 5 heteroatoms. The Balaban J connectivity index is 2.07. The molecule has 1 aliphatic rings. The van der Waals surface area contributed by atoms with Gasteiger partial charge in [0.05, 0.1) is 11.4 Å². The van der Waals surface area contributed by atoms with E-state index in [0.717, 1.165) is 21.3 Å². The van der Waals surface area contributed by atoms with Crippen LogP contribution in [0.4, 0.5) is 0 Å². The fourth-order valence-electron chi connectivity index (χ4n) is 2.77. The summed E-state index contributed by atoms with van der Waals surface area (Å²) < 4.78 is 0.924. The highest BCUT2D eigenvalue weighted by Gasteiger charge is 2.64. The number of para-hydroxylation sites is 1. The van der Waals surface area contributed by atoms with Crippen LogP contribution in [0.2, 0.25) is 0 Å². The molecule has 18 heavy (non-hydrogen) atoms. The van der Waals surface area contributed by atoms with Crippen molar-refractivity contribution in [2.75, 3.05) is 0 Å². The van der Waals surface area contributed by atoms with Crippen molar-refractivity contribution in [2.45, 2.75) is 19.8 Å². The molecular weight excluding hydrogens is 296 g/mol. The molecule has 4 nitrogen and oxygen atoms in total. The topological polar surface area (TPSA) is 66.0 Å². The first-order chi connectivity index (χ1) is 8.43. The number of carboxylic acids is 1. The van der Waals surface area contributed by atoms with Crippen molar-refractivity contribution in [3.05, 3.63) is 28.5 Å². The number of aromatic nitrogens is 2. The summed E-state index contributed by atoms with van der Waals surface area (Å²) in [6.45, 7) is 3.94. The zero-order valence-corrected chi connectivity index (χ0v) is 11.7. The van der Waals surface area contributed by atoms with Crippen molar-refractivity contribution in [3.63, 3.8) is 0 Å². The molecule has 3 rings (SSSR count). The first-order valence-electron chi connectivity index (χ1n) is 5.80. The zero-order chi connectivity index (χ0) is 13.1. The van der Waals surface area contributed by atoms with Crippen LogP contribution < -0.4 is 0 Å². The normalized spacial score (nSPS) is 25.3. The third kappa shape index (κ3) is 1.50. The predicted octanol–water partition coefficient (Wildman–Crippen LogP) is 3.15. The Kier molecular flexibility index (Phi) is 2.32. The Bertz CT molecular complexity index is 647. The number of halogens is 1. The molecule has 0 aliphatic heterocycles. The van der Waals surface area contributed by atoms with E-state index >= 15 is 0 Å². The SMILES string of the molecule is CC1(C)C(C(=O)O)C1c1nc2c(Br)cccc2[nH]1. The number of H-pyrrole nitrogens is 1. The summed E-state index contributed by atoms with van der Waals surface area (Å²) in [7, 11) is 0. The monoisotopic (exact) mass is 308 g/mol. The highest BCUT2D eigenvalue weighted by molar-refractivity contribution is 9.10. The van der Waals surface area contributed by atoms with Crippen molar-refractivity contribution >= 4 is 32.9 Å². The molecular formula is C13H13BrN2O2. The minimum absolute atomic E-state index is 0.0331. The second-order valence-corrected chi connectivity index (χ2v) is 6.23. The summed E-state index contributed by atoms with van der Waals surface area (Å²) in [4.78, 5) is 19.0. The summed E-state index contributed by atoms with van der Waals surface area (Å²) in [6.07, 6.45) is 0. The van der Waals surface area contributed by atoms with Crippen LogP contribution in [0, 0.1) is 11.3 Å². The molecule has 0 radical (unpaired) electrons. The van der Waals surface area contributed by atoms with Crippen LogP contribution in [0.25, 0.3) is 11.0 Å². The lowest BCUT2D eigenvalue weighted by atomic mass is 10.1. The number of carbonyl (C=O) groups is 1. The average molecular weight is 309 g/mol. The van der Waals surface area contributed by atoms with Crippen LogP contribution in [0.3, 0.4) is 0 Å². The predicted molar refractivity (Wildman–Crippen MR) is 71.4 cm³/mol. The molecule has 1 heterocycles. The van der Waals surface area contributed by atoms with Gasteiger partial charge >= 0.3 is 5.97 Å². The number of rotatable bonds is 2. The quantitative estimate of drug-likeness (QED) is 0.895. The number of hydrogen-bond acceptors (Lipinski definition) is 2. The molecule has 0 saturated heterocycles. The maximum atomic E-state index is 11.2. The molecule has 1 aromatic carbocycles. The molecule has 2 aromatic rings. The number of nitrogens with one attached hydrogen (secondary N) is 1. The molecule has 1 aliphatic carbocycles. The standard InChI is InChI=1S/C13H13BrN2O2/c1-13(2)8(9(13)12(17)18)11-15-7-5-3-4-6(14)10(7)16-11/h3-5,8-9H,1-2H3,(H,15,16)(H,17,18). The van der Waals surface area contributed by atoms with E-state index in [1.54, 1.807) is 0 Å². The van der Waals surface area contributed by atoms with Crippen molar-refractivity contribution in [1.82, 2.24) is 9.97 Å². The van der Waals surface area contributed by atoms with Gasteiger partial charge in [0.15, 0.2) is 0 Å². The summed E-state index contributed by atoms with van der Waals surface area (Å²) >= 11 is 3.45. The molecule has 2 unspecified atom stereocenters. The van der Waals surface area contributed by atoms with E-state index in [2.05, 4.69) is 25.9 Å². The minimum atomic E-state index is -0.746. The Labute approximate surface area is 113 Å². The van der Waals surface area contributed by atoms with Crippen LogP contribution in [-0.2, 0) is 4.79 Å². The zero-order valence-electron chi connectivity index (χ0n) is 10.1. The molecule has 0 spiro atoms. The van der Waals surface area contributed by atoms with E-state index in [1.807, 2.05) is 32.0 Å². The molecule has 0 amide bonds. The van der Waals surface area contributed by atoms with Gasteiger partial charge in [-0.1, -0.05) is 19.9 Å². The lowest BCUT2D eigenvalue weighted by Gasteiger charge is -1.97. The Hall–Kier alpha value is -1.36. The van der Waals surface area contributed by atoms with Gasteiger partial charge in [-0.3, -0.25) is 4.79 Å². The van der Waals surface area contributed by atoms with E-state index < -0.39 is 5.97 Å². The van der Waals surface area contributed by atoms with Crippen molar-refractivity contribution in [3.8, 4) is 0 Å². The van der Waals surface area contributed by atoms with E-state index in [4.69, 9.17) is 0 Å².